The van der Waals surface area contributed by atoms with Crippen LogP contribution in [0.3, 0.4) is 0 Å². The highest BCUT2D eigenvalue weighted by atomic mass is 16.6. The van der Waals surface area contributed by atoms with E-state index < -0.39 is 29.8 Å². The highest BCUT2D eigenvalue weighted by Crippen LogP contribution is 2.22. The lowest BCUT2D eigenvalue weighted by molar-refractivity contribution is -0.146. The number of hydrogen-bond acceptors (Lipinski definition) is 7. The SMILES string of the molecule is CCCO[C@@H](COCC(NC(=O)OC(C)(C)C)C(=O)OC)[C@@H](CCC(C)C)[C@H](C)O. The third-order valence-corrected chi connectivity index (χ3v) is 4.45. The van der Waals surface area contributed by atoms with E-state index in [2.05, 4.69) is 19.2 Å². The van der Waals surface area contributed by atoms with Gasteiger partial charge in [-0.05, 0) is 46.5 Å². The Morgan fingerprint density at radius 1 is 1.07 bits per heavy atom. The standard InChI is InChI=1S/C22H43NO7/c1-9-12-29-19(17(16(4)24)11-10-15(2)3)14-28-13-18(20(25)27-8)23-21(26)30-22(5,6)7/h15-19,24H,9-14H2,1-8H3,(H,23,26)/t16-,17-,18?,19-/m0/s1. The van der Waals surface area contributed by atoms with Gasteiger partial charge in [0.25, 0.3) is 0 Å². The van der Waals surface area contributed by atoms with Gasteiger partial charge in [0, 0.05) is 12.5 Å². The van der Waals surface area contributed by atoms with Crippen LogP contribution in [-0.4, -0.2) is 68.0 Å². The predicted octanol–water partition coefficient (Wildman–Crippen LogP) is 3.30. The van der Waals surface area contributed by atoms with Crippen LogP contribution in [0.25, 0.3) is 0 Å². The van der Waals surface area contributed by atoms with E-state index in [1.807, 2.05) is 6.92 Å². The first-order chi connectivity index (χ1) is 13.9. The Bertz CT molecular complexity index is 488. The minimum absolute atomic E-state index is 0.0886. The van der Waals surface area contributed by atoms with Crippen LogP contribution in [0.5, 0.6) is 0 Å². The van der Waals surface area contributed by atoms with Crippen molar-refractivity contribution in [2.75, 3.05) is 26.9 Å². The zero-order chi connectivity index (χ0) is 23.3. The number of hydrogen-bond donors (Lipinski definition) is 2. The molecule has 0 fully saturated rings. The lowest BCUT2D eigenvalue weighted by Crippen LogP contribution is -2.47. The number of amides is 1. The summed E-state index contributed by atoms with van der Waals surface area (Å²) in [5, 5.41) is 12.8. The minimum atomic E-state index is -1.00. The molecule has 0 rings (SSSR count). The van der Waals surface area contributed by atoms with Crippen LogP contribution in [0.2, 0.25) is 0 Å². The zero-order valence-electron chi connectivity index (χ0n) is 20.0. The van der Waals surface area contributed by atoms with Gasteiger partial charge in [-0.15, -0.1) is 0 Å². The normalized spacial score (nSPS) is 15.9. The molecule has 1 unspecified atom stereocenters. The molecule has 0 bridgehead atoms. The van der Waals surface area contributed by atoms with E-state index in [9.17, 15) is 14.7 Å². The van der Waals surface area contributed by atoms with Gasteiger partial charge in [0.2, 0.25) is 0 Å². The Kier molecular flexibility index (Phi) is 13.9. The molecule has 30 heavy (non-hydrogen) atoms. The second-order valence-electron chi connectivity index (χ2n) is 9.04. The summed E-state index contributed by atoms with van der Waals surface area (Å²) >= 11 is 0. The Balaban J connectivity index is 5.00. The topological polar surface area (TPSA) is 103 Å². The fraction of sp³-hybridized carbons (Fsp3) is 0.909. The van der Waals surface area contributed by atoms with E-state index in [4.69, 9.17) is 18.9 Å². The average molecular weight is 434 g/mol. The molecule has 0 aliphatic heterocycles. The van der Waals surface area contributed by atoms with Crippen LogP contribution in [0, 0.1) is 11.8 Å². The maximum absolute atomic E-state index is 12.0. The number of carbonyl (C=O) groups is 2. The lowest BCUT2D eigenvalue weighted by Gasteiger charge is -2.30. The summed E-state index contributed by atoms with van der Waals surface area (Å²) in [7, 11) is 1.24. The van der Waals surface area contributed by atoms with E-state index in [-0.39, 0.29) is 25.2 Å². The summed E-state index contributed by atoms with van der Waals surface area (Å²) in [6.45, 7) is 13.9. The zero-order valence-corrected chi connectivity index (χ0v) is 20.0. The highest BCUT2D eigenvalue weighted by molar-refractivity contribution is 5.81. The van der Waals surface area contributed by atoms with E-state index >= 15 is 0 Å². The monoisotopic (exact) mass is 433 g/mol. The number of aliphatic hydroxyl groups is 1. The molecule has 8 nitrogen and oxygen atoms in total. The van der Waals surface area contributed by atoms with Crippen molar-refractivity contribution in [3.8, 4) is 0 Å². The molecule has 178 valence electrons. The lowest BCUT2D eigenvalue weighted by atomic mass is 9.89. The summed E-state index contributed by atoms with van der Waals surface area (Å²) in [6.07, 6.45) is 1.03. The molecule has 0 aliphatic carbocycles. The van der Waals surface area contributed by atoms with Crippen LogP contribution in [0.15, 0.2) is 0 Å². The van der Waals surface area contributed by atoms with Crippen molar-refractivity contribution in [2.45, 2.75) is 91.6 Å². The molecular formula is C22H43NO7. The Morgan fingerprint density at radius 3 is 2.17 bits per heavy atom. The summed E-state index contributed by atoms with van der Waals surface area (Å²) in [6, 6.07) is -1.00. The molecule has 8 heteroatoms. The number of alkyl carbamates (subject to hydrolysis) is 1. The van der Waals surface area contributed by atoms with Crippen molar-refractivity contribution in [2.24, 2.45) is 11.8 Å². The third kappa shape index (κ3) is 13.0. The first-order valence-corrected chi connectivity index (χ1v) is 10.9. The van der Waals surface area contributed by atoms with Gasteiger partial charge in [0.1, 0.15) is 5.60 Å². The van der Waals surface area contributed by atoms with Crippen molar-refractivity contribution in [1.29, 1.82) is 0 Å². The second-order valence-corrected chi connectivity index (χ2v) is 9.04. The number of carbonyl (C=O) groups excluding carboxylic acids is 2. The Labute approximate surface area is 182 Å². The van der Waals surface area contributed by atoms with Gasteiger partial charge in [0.05, 0.1) is 32.5 Å². The molecule has 2 N–H and O–H groups in total. The number of esters is 1. The van der Waals surface area contributed by atoms with Crippen molar-refractivity contribution in [3.05, 3.63) is 0 Å². The molecule has 4 atom stereocenters. The maximum Gasteiger partial charge on any atom is 0.408 e. The number of methoxy groups -OCH3 is 1. The maximum atomic E-state index is 12.0. The molecule has 0 aromatic rings. The quantitative estimate of drug-likeness (QED) is 0.405. The molecule has 0 radical (unpaired) electrons. The number of aliphatic hydroxyl groups excluding tert-OH is 1. The largest absolute Gasteiger partial charge is 0.467 e. The Morgan fingerprint density at radius 2 is 1.70 bits per heavy atom. The van der Waals surface area contributed by atoms with Crippen molar-refractivity contribution < 1.29 is 33.6 Å². The van der Waals surface area contributed by atoms with Crippen LogP contribution in [0.1, 0.15) is 67.7 Å². The molecule has 0 saturated heterocycles. The smallest absolute Gasteiger partial charge is 0.408 e. The molecule has 0 aromatic carbocycles. The second kappa shape index (κ2) is 14.6. The fourth-order valence-electron chi connectivity index (χ4n) is 2.89. The summed E-state index contributed by atoms with van der Waals surface area (Å²) in [4.78, 5) is 24.1. The van der Waals surface area contributed by atoms with E-state index in [0.717, 1.165) is 19.3 Å². The van der Waals surface area contributed by atoms with Crippen LogP contribution < -0.4 is 5.32 Å². The van der Waals surface area contributed by atoms with Gasteiger partial charge < -0.3 is 29.4 Å². The summed E-state index contributed by atoms with van der Waals surface area (Å²) in [5.74, 6) is -0.200. The van der Waals surface area contributed by atoms with E-state index in [0.29, 0.717) is 12.5 Å². The number of nitrogens with one attached hydrogen (secondary N) is 1. The van der Waals surface area contributed by atoms with Crippen LogP contribution in [0.4, 0.5) is 4.79 Å². The number of rotatable bonds is 14. The molecule has 0 heterocycles. The molecule has 0 aliphatic rings. The molecular weight excluding hydrogens is 390 g/mol. The molecule has 0 saturated carbocycles. The summed E-state index contributed by atoms with van der Waals surface area (Å²) < 4.78 is 21.6. The van der Waals surface area contributed by atoms with E-state index in [1.165, 1.54) is 7.11 Å². The van der Waals surface area contributed by atoms with Gasteiger partial charge >= 0.3 is 12.1 Å². The first-order valence-electron chi connectivity index (χ1n) is 10.9. The fourth-order valence-corrected chi connectivity index (χ4v) is 2.89. The van der Waals surface area contributed by atoms with Crippen molar-refractivity contribution >= 4 is 12.1 Å². The minimum Gasteiger partial charge on any atom is -0.467 e. The van der Waals surface area contributed by atoms with Gasteiger partial charge in [0.15, 0.2) is 6.04 Å². The van der Waals surface area contributed by atoms with Gasteiger partial charge in [-0.25, -0.2) is 9.59 Å². The summed E-state index contributed by atoms with van der Waals surface area (Å²) in [5.41, 5.74) is -0.689. The molecule has 0 aromatic heterocycles. The van der Waals surface area contributed by atoms with Crippen molar-refractivity contribution in [1.82, 2.24) is 5.32 Å². The van der Waals surface area contributed by atoms with Gasteiger partial charge in [-0.2, -0.15) is 0 Å². The molecule has 0 spiro atoms. The van der Waals surface area contributed by atoms with Gasteiger partial charge in [-0.1, -0.05) is 27.2 Å². The van der Waals surface area contributed by atoms with Crippen LogP contribution in [-0.2, 0) is 23.7 Å². The predicted molar refractivity (Wildman–Crippen MR) is 115 cm³/mol. The average Bonchev–Trinajstić information content (AvgIpc) is 2.61. The van der Waals surface area contributed by atoms with Gasteiger partial charge in [-0.3, -0.25) is 0 Å². The van der Waals surface area contributed by atoms with Crippen LogP contribution >= 0.6 is 0 Å². The number of ether oxygens (including phenoxy) is 4. The van der Waals surface area contributed by atoms with E-state index in [1.54, 1.807) is 27.7 Å². The first kappa shape index (κ1) is 28.6. The highest BCUT2D eigenvalue weighted by Gasteiger charge is 2.29. The third-order valence-electron chi connectivity index (χ3n) is 4.45. The Hall–Kier alpha value is -1.38. The van der Waals surface area contributed by atoms with Crippen molar-refractivity contribution in [3.63, 3.8) is 0 Å². The molecule has 1 amide bonds.